The minimum Gasteiger partial charge on any atom is -0.378 e. The van der Waals surface area contributed by atoms with Crippen LogP contribution in [0.4, 0.5) is 5.69 Å². The van der Waals surface area contributed by atoms with Crippen molar-refractivity contribution in [1.29, 1.82) is 0 Å². The summed E-state index contributed by atoms with van der Waals surface area (Å²) < 4.78 is 1.07. The van der Waals surface area contributed by atoms with Crippen molar-refractivity contribution in [2.24, 2.45) is 0 Å². The number of hydrogen-bond donors (Lipinski definition) is 1. The molecule has 0 fully saturated rings. The zero-order valence-electron chi connectivity index (χ0n) is 8.45. The molecule has 4 heteroatoms. The van der Waals surface area contributed by atoms with Crippen LogP contribution < -0.4 is 5.32 Å². The zero-order valence-corrected chi connectivity index (χ0v) is 10.8. The summed E-state index contributed by atoms with van der Waals surface area (Å²) in [6.45, 7) is 0.727. The molecule has 1 heterocycles. The molecule has 0 unspecified atom stereocenters. The van der Waals surface area contributed by atoms with Crippen molar-refractivity contribution in [3.8, 4) is 0 Å². The van der Waals surface area contributed by atoms with E-state index < -0.39 is 0 Å². The van der Waals surface area contributed by atoms with Crippen molar-refractivity contribution in [1.82, 2.24) is 4.98 Å². The van der Waals surface area contributed by atoms with Gasteiger partial charge >= 0.3 is 0 Å². The quantitative estimate of drug-likeness (QED) is 0.862. The first-order chi connectivity index (χ1) is 7.75. The highest BCUT2D eigenvalue weighted by Crippen LogP contribution is 2.19. The molecule has 16 heavy (non-hydrogen) atoms. The molecule has 2 aromatic rings. The van der Waals surface area contributed by atoms with Gasteiger partial charge in [0.05, 0.1) is 5.69 Å². The lowest BCUT2D eigenvalue weighted by atomic mass is 10.2. The summed E-state index contributed by atoms with van der Waals surface area (Å²) in [6, 6.07) is 11.9. The Balaban J connectivity index is 2.05. The fraction of sp³-hybridized carbons (Fsp3) is 0.0833. The lowest BCUT2D eigenvalue weighted by Crippen LogP contribution is -2.00. The number of rotatable bonds is 3. The van der Waals surface area contributed by atoms with Crippen LogP contribution in [0.25, 0.3) is 0 Å². The Hall–Kier alpha value is -1.06. The van der Waals surface area contributed by atoms with Gasteiger partial charge in [-0.05, 0) is 29.8 Å². The Labute approximate surface area is 108 Å². The summed E-state index contributed by atoms with van der Waals surface area (Å²) in [7, 11) is 0. The van der Waals surface area contributed by atoms with Gasteiger partial charge in [0.15, 0.2) is 5.15 Å². The molecule has 0 radical (unpaired) electrons. The second-order valence-corrected chi connectivity index (χ2v) is 4.60. The van der Waals surface area contributed by atoms with Crippen LogP contribution in [0.1, 0.15) is 5.56 Å². The summed E-state index contributed by atoms with van der Waals surface area (Å²) in [5.74, 6) is 0. The third-order valence-corrected chi connectivity index (χ3v) is 2.93. The number of hydrogen-bond acceptors (Lipinski definition) is 2. The standard InChI is InChI=1S/C12H10BrClN2/c13-10-4-1-3-9(7-10)8-16-11-5-2-6-15-12(11)14/h1-7,16H,8H2. The average Bonchev–Trinajstić information content (AvgIpc) is 2.28. The van der Waals surface area contributed by atoms with Crippen LogP contribution in [0.5, 0.6) is 0 Å². The third kappa shape index (κ3) is 2.97. The number of anilines is 1. The van der Waals surface area contributed by atoms with Gasteiger partial charge in [0.1, 0.15) is 0 Å². The second-order valence-electron chi connectivity index (χ2n) is 3.33. The first-order valence-electron chi connectivity index (χ1n) is 4.84. The van der Waals surface area contributed by atoms with Gasteiger partial charge in [0.25, 0.3) is 0 Å². The topological polar surface area (TPSA) is 24.9 Å². The maximum atomic E-state index is 5.94. The minimum atomic E-state index is 0.498. The Bertz CT molecular complexity index is 488. The lowest BCUT2D eigenvalue weighted by Gasteiger charge is -2.07. The van der Waals surface area contributed by atoms with Gasteiger partial charge in [-0.2, -0.15) is 0 Å². The van der Waals surface area contributed by atoms with E-state index in [0.29, 0.717) is 5.15 Å². The number of aromatic nitrogens is 1. The van der Waals surface area contributed by atoms with Crippen molar-refractivity contribution in [2.75, 3.05) is 5.32 Å². The number of nitrogens with one attached hydrogen (secondary N) is 1. The second kappa shape index (κ2) is 5.32. The molecular formula is C12H10BrClN2. The highest BCUT2D eigenvalue weighted by Gasteiger charge is 1.99. The first-order valence-corrected chi connectivity index (χ1v) is 6.01. The van der Waals surface area contributed by atoms with Crippen molar-refractivity contribution in [3.63, 3.8) is 0 Å². The van der Waals surface area contributed by atoms with Gasteiger partial charge in [-0.3, -0.25) is 0 Å². The minimum absolute atomic E-state index is 0.498. The molecule has 0 saturated heterocycles. The van der Waals surface area contributed by atoms with E-state index in [-0.39, 0.29) is 0 Å². The monoisotopic (exact) mass is 296 g/mol. The fourth-order valence-corrected chi connectivity index (χ4v) is 1.99. The van der Waals surface area contributed by atoms with Crippen molar-refractivity contribution in [2.45, 2.75) is 6.54 Å². The van der Waals surface area contributed by atoms with Crippen LogP contribution in [0.2, 0.25) is 5.15 Å². The molecule has 0 aliphatic rings. The van der Waals surface area contributed by atoms with E-state index in [2.05, 4.69) is 38.4 Å². The van der Waals surface area contributed by atoms with Crippen molar-refractivity contribution < 1.29 is 0 Å². The Morgan fingerprint density at radius 3 is 2.88 bits per heavy atom. The van der Waals surface area contributed by atoms with Crippen LogP contribution in [-0.2, 0) is 6.54 Å². The molecule has 1 N–H and O–H groups in total. The van der Waals surface area contributed by atoms with Crippen LogP contribution in [0, 0.1) is 0 Å². The predicted octanol–water partition coefficient (Wildman–Crippen LogP) is 4.11. The molecule has 1 aromatic carbocycles. The SMILES string of the molecule is Clc1ncccc1NCc1cccc(Br)c1. The maximum absolute atomic E-state index is 5.94. The van der Waals surface area contributed by atoms with Gasteiger partial charge in [-0.1, -0.05) is 39.7 Å². The number of halogens is 2. The van der Waals surface area contributed by atoms with Gasteiger partial charge in [0.2, 0.25) is 0 Å². The summed E-state index contributed by atoms with van der Waals surface area (Å²) in [5.41, 5.74) is 2.04. The molecule has 0 bridgehead atoms. The van der Waals surface area contributed by atoms with Crippen LogP contribution in [-0.4, -0.2) is 4.98 Å². The third-order valence-electron chi connectivity index (χ3n) is 2.13. The molecule has 0 spiro atoms. The van der Waals surface area contributed by atoms with E-state index in [1.54, 1.807) is 6.20 Å². The summed E-state index contributed by atoms with van der Waals surface area (Å²) in [4.78, 5) is 4.00. The highest BCUT2D eigenvalue weighted by atomic mass is 79.9. The summed E-state index contributed by atoms with van der Waals surface area (Å²) in [5, 5.41) is 3.74. The summed E-state index contributed by atoms with van der Waals surface area (Å²) in [6.07, 6.45) is 1.67. The zero-order chi connectivity index (χ0) is 11.4. The van der Waals surface area contributed by atoms with Gasteiger partial charge in [0, 0.05) is 17.2 Å². The molecule has 0 saturated carbocycles. The molecular weight excluding hydrogens is 288 g/mol. The van der Waals surface area contributed by atoms with E-state index in [1.807, 2.05) is 24.3 Å². The van der Waals surface area contributed by atoms with Crippen LogP contribution in [0.3, 0.4) is 0 Å². The molecule has 2 rings (SSSR count). The molecule has 2 nitrogen and oxygen atoms in total. The first kappa shape index (κ1) is 11.4. The van der Waals surface area contributed by atoms with E-state index >= 15 is 0 Å². The Morgan fingerprint density at radius 2 is 2.12 bits per heavy atom. The predicted molar refractivity (Wildman–Crippen MR) is 70.7 cm³/mol. The fourth-order valence-electron chi connectivity index (χ4n) is 1.36. The number of benzene rings is 1. The normalized spacial score (nSPS) is 10.1. The molecule has 0 aliphatic carbocycles. The lowest BCUT2D eigenvalue weighted by molar-refractivity contribution is 1.13. The van der Waals surface area contributed by atoms with Gasteiger partial charge in [-0.15, -0.1) is 0 Å². The van der Waals surface area contributed by atoms with Crippen molar-refractivity contribution in [3.05, 3.63) is 57.8 Å². The molecule has 0 aliphatic heterocycles. The highest BCUT2D eigenvalue weighted by molar-refractivity contribution is 9.10. The Kier molecular flexibility index (Phi) is 3.80. The van der Waals surface area contributed by atoms with Crippen LogP contribution >= 0.6 is 27.5 Å². The molecule has 82 valence electrons. The number of pyridine rings is 1. The summed E-state index contributed by atoms with van der Waals surface area (Å²) >= 11 is 9.38. The van der Waals surface area contributed by atoms with E-state index in [1.165, 1.54) is 5.56 Å². The van der Waals surface area contributed by atoms with Crippen LogP contribution in [0.15, 0.2) is 47.1 Å². The Morgan fingerprint density at radius 1 is 1.25 bits per heavy atom. The molecule has 0 amide bonds. The van der Waals surface area contributed by atoms with Gasteiger partial charge < -0.3 is 5.32 Å². The van der Waals surface area contributed by atoms with E-state index in [0.717, 1.165) is 16.7 Å². The molecule has 0 atom stereocenters. The maximum Gasteiger partial charge on any atom is 0.152 e. The average molecular weight is 298 g/mol. The van der Waals surface area contributed by atoms with E-state index in [4.69, 9.17) is 11.6 Å². The largest absolute Gasteiger partial charge is 0.378 e. The number of nitrogens with zero attached hydrogens (tertiary/aromatic N) is 1. The van der Waals surface area contributed by atoms with E-state index in [9.17, 15) is 0 Å². The molecule has 1 aromatic heterocycles. The van der Waals surface area contributed by atoms with Crippen molar-refractivity contribution >= 4 is 33.2 Å². The smallest absolute Gasteiger partial charge is 0.152 e. The van der Waals surface area contributed by atoms with Gasteiger partial charge in [-0.25, -0.2) is 4.98 Å².